The van der Waals surface area contributed by atoms with Crippen molar-refractivity contribution in [1.29, 1.82) is 0 Å². The van der Waals surface area contributed by atoms with Crippen molar-refractivity contribution in [2.45, 2.75) is 89.0 Å². The second-order valence-corrected chi connectivity index (χ2v) is 9.11. The van der Waals surface area contributed by atoms with Crippen LogP contribution in [0.3, 0.4) is 0 Å². The lowest BCUT2D eigenvalue weighted by atomic mass is 9.65. The minimum absolute atomic E-state index is 0.000759. The van der Waals surface area contributed by atoms with E-state index in [9.17, 15) is 19.5 Å². The molecule has 3 aliphatic rings. The molecule has 3 fully saturated rings. The molecule has 0 aliphatic carbocycles. The highest BCUT2D eigenvalue weighted by Crippen LogP contribution is 2.64. The van der Waals surface area contributed by atoms with Gasteiger partial charge in [0.25, 0.3) is 0 Å². The Balaban J connectivity index is 1.98. The first kappa shape index (κ1) is 23.0. The molecule has 3 N–H and O–H groups in total. The second kappa shape index (κ2) is 8.83. The molecule has 8 heteroatoms. The molecule has 0 saturated carbocycles. The van der Waals surface area contributed by atoms with Crippen molar-refractivity contribution in [2.75, 3.05) is 20.2 Å². The molecule has 0 radical (unpaired) electrons. The van der Waals surface area contributed by atoms with Crippen LogP contribution in [0.4, 0.5) is 0 Å². The van der Waals surface area contributed by atoms with Crippen LogP contribution in [-0.2, 0) is 19.1 Å². The van der Waals surface area contributed by atoms with Crippen LogP contribution in [0.15, 0.2) is 0 Å². The number of fused-ring (bicyclic) bond motifs is 1. The first-order valence-corrected chi connectivity index (χ1v) is 11.4. The molecule has 30 heavy (non-hydrogen) atoms. The molecule has 3 heterocycles. The van der Waals surface area contributed by atoms with Gasteiger partial charge in [-0.05, 0) is 45.4 Å². The van der Waals surface area contributed by atoms with Crippen LogP contribution in [0.5, 0.6) is 0 Å². The Morgan fingerprint density at radius 1 is 1.27 bits per heavy atom. The zero-order valence-corrected chi connectivity index (χ0v) is 18.7. The summed E-state index contributed by atoms with van der Waals surface area (Å²) < 4.78 is 6.60. The summed E-state index contributed by atoms with van der Waals surface area (Å²) in [7, 11) is 1.58. The molecular weight excluding hydrogens is 386 g/mol. The normalized spacial score (nSPS) is 35.4. The standard InChI is InChI=1S/C22H37N3O5/c1-5-9-14(3)24-19(28)17-22-11-10-21(6-2,30-22)15(18(27)23-4)16(22)20(29)25(17)12-7-8-13-26/h14-17,26H,5-13H2,1-4H3,(H,23,27)(H,24,28)/t14?,15-,16+,17?,21+,22?/m1/s1. The topological polar surface area (TPSA) is 108 Å². The maximum absolute atomic E-state index is 13.6. The summed E-state index contributed by atoms with van der Waals surface area (Å²) >= 11 is 0. The monoisotopic (exact) mass is 423 g/mol. The smallest absolute Gasteiger partial charge is 0.246 e. The van der Waals surface area contributed by atoms with Crippen LogP contribution < -0.4 is 10.6 Å². The molecule has 0 aromatic heterocycles. The van der Waals surface area contributed by atoms with Crippen molar-refractivity contribution >= 4 is 17.7 Å². The summed E-state index contributed by atoms with van der Waals surface area (Å²) in [5, 5.41) is 15.0. The van der Waals surface area contributed by atoms with Crippen molar-refractivity contribution in [3.8, 4) is 0 Å². The lowest BCUT2D eigenvalue weighted by molar-refractivity contribution is -0.147. The number of carbonyl (C=O) groups excluding carboxylic acids is 3. The average molecular weight is 424 g/mol. The largest absolute Gasteiger partial charge is 0.396 e. The van der Waals surface area contributed by atoms with Crippen molar-refractivity contribution < 1.29 is 24.2 Å². The van der Waals surface area contributed by atoms with Gasteiger partial charge in [0.1, 0.15) is 11.6 Å². The first-order chi connectivity index (χ1) is 14.3. The fourth-order valence-electron chi connectivity index (χ4n) is 6.03. The number of rotatable bonds is 10. The summed E-state index contributed by atoms with van der Waals surface area (Å²) in [6, 6.07) is -0.739. The second-order valence-electron chi connectivity index (χ2n) is 9.11. The number of aliphatic hydroxyl groups excluding tert-OH is 1. The van der Waals surface area contributed by atoms with Crippen LogP contribution in [0, 0.1) is 11.8 Å². The zero-order valence-electron chi connectivity index (χ0n) is 18.7. The summed E-state index contributed by atoms with van der Waals surface area (Å²) in [6.07, 6.45) is 4.86. The number of nitrogens with zero attached hydrogens (tertiary/aromatic N) is 1. The lowest BCUT2D eigenvalue weighted by Crippen LogP contribution is -2.56. The van der Waals surface area contributed by atoms with E-state index in [1.165, 1.54) is 0 Å². The summed E-state index contributed by atoms with van der Waals surface area (Å²) in [6.45, 7) is 6.44. The molecule has 1 spiro atoms. The van der Waals surface area contributed by atoms with E-state index in [1.807, 2.05) is 13.8 Å². The van der Waals surface area contributed by atoms with Crippen LogP contribution >= 0.6 is 0 Å². The van der Waals surface area contributed by atoms with Crippen LogP contribution in [0.1, 0.15) is 65.7 Å². The van der Waals surface area contributed by atoms with Gasteiger partial charge < -0.3 is 25.4 Å². The number of unbranched alkanes of at least 4 members (excludes halogenated alkanes) is 1. The summed E-state index contributed by atoms with van der Waals surface area (Å²) in [5.41, 5.74) is -1.65. The van der Waals surface area contributed by atoms with Gasteiger partial charge in [-0.3, -0.25) is 14.4 Å². The molecule has 3 aliphatic heterocycles. The maximum atomic E-state index is 13.6. The summed E-state index contributed by atoms with van der Waals surface area (Å²) in [4.78, 5) is 41.5. The molecule has 8 nitrogen and oxygen atoms in total. The van der Waals surface area contributed by atoms with E-state index in [0.717, 1.165) is 12.8 Å². The number of likely N-dealkylation sites (tertiary alicyclic amines) is 1. The Hall–Kier alpha value is -1.67. The number of hydrogen-bond donors (Lipinski definition) is 3. The van der Waals surface area contributed by atoms with Gasteiger partial charge in [0.05, 0.1) is 17.4 Å². The average Bonchev–Trinajstić information content (AvgIpc) is 3.32. The Morgan fingerprint density at radius 2 is 2.00 bits per heavy atom. The fraction of sp³-hybridized carbons (Fsp3) is 0.864. The fourth-order valence-corrected chi connectivity index (χ4v) is 6.03. The van der Waals surface area contributed by atoms with E-state index in [1.54, 1.807) is 11.9 Å². The van der Waals surface area contributed by atoms with Gasteiger partial charge in [0.2, 0.25) is 17.7 Å². The number of aliphatic hydroxyl groups is 1. The quantitative estimate of drug-likeness (QED) is 0.454. The van der Waals surface area contributed by atoms with E-state index >= 15 is 0 Å². The molecule has 3 unspecified atom stereocenters. The molecule has 3 amide bonds. The van der Waals surface area contributed by atoms with Crippen molar-refractivity contribution in [3.05, 3.63) is 0 Å². The molecule has 0 aromatic rings. The lowest BCUT2D eigenvalue weighted by Gasteiger charge is -2.34. The van der Waals surface area contributed by atoms with Gasteiger partial charge in [-0.15, -0.1) is 0 Å². The van der Waals surface area contributed by atoms with E-state index in [0.29, 0.717) is 38.6 Å². The minimum Gasteiger partial charge on any atom is -0.396 e. The number of carbonyl (C=O) groups is 3. The molecule has 3 rings (SSSR count). The highest BCUT2D eigenvalue weighted by molar-refractivity contribution is 5.99. The van der Waals surface area contributed by atoms with Crippen LogP contribution in [0.25, 0.3) is 0 Å². The van der Waals surface area contributed by atoms with Gasteiger partial charge in [-0.1, -0.05) is 20.3 Å². The van der Waals surface area contributed by atoms with Crippen molar-refractivity contribution in [3.63, 3.8) is 0 Å². The highest BCUT2D eigenvalue weighted by atomic mass is 16.5. The van der Waals surface area contributed by atoms with E-state index < -0.39 is 29.1 Å². The first-order valence-electron chi connectivity index (χ1n) is 11.4. The highest BCUT2D eigenvalue weighted by Gasteiger charge is 2.78. The Kier molecular flexibility index (Phi) is 6.77. The van der Waals surface area contributed by atoms with Gasteiger partial charge in [0, 0.05) is 26.2 Å². The van der Waals surface area contributed by atoms with Gasteiger partial charge in [-0.25, -0.2) is 0 Å². The van der Waals surface area contributed by atoms with Crippen LogP contribution in [0.2, 0.25) is 0 Å². The Labute approximate surface area is 179 Å². The molecule has 2 bridgehead atoms. The van der Waals surface area contributed by atoms with Gasteiger partial charge in [0.15, 0.2) is 0 Å². The number of ether oxygens (including phenoxy) is 1. The molecule has 0 aromatic carbocycles. The van der Waals surface area contributed by atoms with Gasteiger partial charge in [-0.2, -0.15) is 0 Å². The predicted octanol–water partition coefficient (Wildman–Crippen LogP) is 0.965. The third kappa shape index (κ3) is 3.42. The molecular formula is C22H37N3O5. The molecule has 3 saturated heterocycles. The third-order valence-corrected chi connectivity index (χ3v) is 7.38. The maximum Gasteiger partial charge on any atom is 0.246 e. The van der Waals surface area contributed by atoms with E-state index in [-0.39, 0.29) is 30.4 Å². The van der Waals surface area contributed by atoms with Gasteiger partial charge >= 0.3 is 0 Å². The van der Waals surface area contributed by atoms with E-state index in [4.69, 9.17) is 4.74 Å². The Bertz CT molecular complexity index is 686. The van der Waals surface area contributed by atoms with Crippen molar-refractivity contribution in [2.24, 2.45) is 11.8 Å². The number of hydrogen-bond acceptors (Lipinski definition) is 5. The SMILES string of the molecule is CCCC(C)NC(=O)C1N(CCCCO)C(=O)[C@@H]2[C@H](C(=O)NC)[C@]3(CC)CCC12O3. The number of nitrogens with one attached hydrogen (secondary N) is 2. The van der Waals surface area contributed by atoms with E-state index in [2.05, 4.69) is 17.6 Å². The summed E-state index contributed by atoms with van der Waals surface area (Å²) in [5.74, 6) is -1.77. The zero-order chi connectivity index (χ0) is 22.1. The van der Waals surface area contributed by atoms with Crippen LogP contribution in [-0.4, -0.2) is 71.2 Å². The minimum atomic E-state index is -0.959. The number of amides is 3. The molecule has 6 atom stereocenters. The molecule has 170 valence electrons. The van der Waals surface area contributed by atoms with Crippen molar-refractivity contribution in [1.82, 2.24) is 15.5 Å². The predicted molar refractivity (Wildman–Crippen MR) is 111 cm³/mol. The Morgan fingerprint density at radius 3 is 2.60 bits per heavy atom. The third-order valence-electron chi connectivity index (χ3n) is 7.38.